The molecule has 1 aliphatic heterocycles. The van der Waals surface area contributed by atoms with Crippen molar-refractivity contribution in [3.05, 3.63) is 11.7 Å². The van der Waals surface area contributed by atoms with E-state index < -0.39 is 0 Å². The van der Waals surface area contributed by atoms with Crippen molar-refractivity contribution in [3.63, 3.8) is 0 Å². The average Bonchev–Trinajstić information content (AvgIpc) is 2.91. The Morgan fingerprint density at radius 3 is 2.55 bits per heavy atom. The zero-order chi connectivity index (χ0) is 14.5. The van der Waals surface area contributed by atoms with E-state index in [0.717, 1.165) is 13.1 Å². The maximum atomic E-state index is 12.1. The van der Waals surface area contributed by atoms with Gasteiger partial charge in [0.2, 0.25) is 5.89 Å². The van der Waals surface area contributed by atoms with Gasteiger partial charge in [0.1, 0.15) is 0 Å². The SMILES string of the molecule is COC(=O)CCN1CCN(C(=O)c2noc(C)n2)CC1. The molecule has 1 saturated heterocycles. The second-order valence-electron chi connectivity index (χ2n) is 4.60. The average molecular weight is 282 g/mol. The standard InChI is InChI=1S/C12H18N4O4/c1-9-13-11(14-20-9)12(18)16-7-5-15(6-8-16)4-3-10(17)19-2/h3-8H2,1-2H3. The largest absolute Gasteiger partial charge is 0.469 e. The molecule has 0 spiro atoms. The Kier molecular flexibility index (Phi) is 4.67. The number of aromatic nitrogens is 2. The monoisotopic (exact) mass is 282 g/mol. The summed E-state index contributed by atoms with van der Waals surface area (Å²) in [7, 11) is 1.38. The number of hydrogen-bond donors (Lipinski definition) is 0. The van der Waals surface area contributed by atoms with E-state index >= 15 is 0 Å². The third kappa shape index (κ3) is 3.53. The normalized spacial score (nSPS) is 16.2. The highest BCUT2D eigenvalue weighted by Gasteiger charge is 2.25. The van der Waals surface area contributed by atoms with E-state index in [0.29, 0.717) is 31.9 Å². The Morgan fingerprint density at radius 1 is 1.30 bits per heavy atom. The Hall–Kier alpha value is -1.96. The number of aryl methyl sites for hydroxylation is 1. The van der Waals surface area contributed by atoms with Gasteiger partial charge in [0.15, 0.2) is 0 Å². The van der Waals surface area contributed by atoms with Crippen molar-refractivity contribution in [2.24, 2.45) is 0 Å². The van der Waals surface area contributed by atoms with Crippen LogP contribution in [0.1, 0.15) is 22.9 Å². The number of nitrogens with zero attached hydrogens (tertiary/aromatic N) is 4. The molecule has 20 heavy (non-hydrogen) atoms. The summed E-state index contributed by atoms with van der Waals surface area (Å²) in [5, 5.41) is 3.63. The van der Waals surface area contributed by atoms with Crippen LogP contribution >= 0.6 is 0 Å². The first-order valence-corrected chi connectivity index (χ1v) is 6.49. The summed E-state index contributed by atoms with van der Waals surface area (Å²) in [5.74, 6) is 0.0517. The molecule has 8 nitrogen and oxygen atoms in total. The molecule has 0 radical (unpaired) electrons. The molecule has 0 N–H and O–H groups in total. The Bertz CT molecular complexity index is 480. The van der Waals surface area contributed by atoms with Crippen molar-refractivity contribution in [1.82, 2.24) is 19.9 Å². The van der Waals surface area contributed by atoms with Crippen molar-refractivity contribution < 1.29 is 18.8 Å². The molecule has 0 aliphatic carbocycles. The molecule has 0 saturated carbocycles. The minimum Gasteiger partial charge on any atom is -0.469 e. The van der Waals surface area contributed by atoms with Crippen LogP contribution in [0, 0.1) is 6.92 Å². The summed E-state index contributed by atoms with van der Waals surface area (Å²) in [5.41, 5.74) is 0. The fourth-order valence-electron chi connectivity index (χ4n) is 2.05. The van der Waals surface area contributed by atoms with Crippen LogP contribution in [0.2, 0.25) is 0 Å². The number of amides is 1. The van der Waals surface area contributed by atoms with Gasteiger partial charge in [0.05, 0.1) is 13.5 Å². The minimum absolute atomic E-state index is 0.102. The van der Waals surface area contributed by atoms with Gasteiger partial charge in [-0.15, -0.1) is 0 Å². The molecule has 1 amide bonds. The first-order chi connectivity index (χ1) is 9.60. The van der Waals surface area contributed by atoms with Crippen LogP contribution in [-0.4, -0.2) is 71.7 Å². The molecule has 0 unspecified atom stereocenters. The molecular weight excluding hydrogens is 264 g/mol. The lowest BCUT2D eigenvalue weighted by Gasteiger charge is -2.33. The summed E-state index contributed by atoms with van der Waals surface area (Å²) in [6, 6.07) is 0. The third-order valence-electron chi connectivity index (χ3n) is 3.24. The lowest BCUT2D eigenvalue weighted by Crippen LogP contribution is -2.49. The summed E-state index contributed by atoms with van der Waals surface area (Å²) in [6.07, 6.45) is 0.370. The molecular formula is C12H18N4O4. The van der Waals surface area contributed by atoms with Crippen LogP contribution in [0.15, 0.2) is 4.52 Å². The maximum absolute atomic E-state index is 12.1. The topological polar surface area (TPSA) is 88.8 Å². The Balaban J connectivity index is 1.79. The Morgan fingerprint density at radius 2 is 2.00 bits per heavy atom. The lowest BCUT2D eigenvalue weighted by molar-refractivity contribution is -0.141. The first-order valence-electron chi connectivity index (χ1n) is 6.49. The summed E-state index contributed by atoms with van der Waals surface area (Å²) < 4.78 is 9.41. The third-order valence-corrected chi connectivity index (χ3v) is 3.24. The van der Waals surface area contributed by atoms with E-state index in [-0.39, 0.29) is 17.7 Å². The number of rotatable bonds is 4. The van der Waals surface area contributed by atoms with Gasteiger partial charge in [-0.25, -0.2) is 0 Å². The smallest absolute Gasteiger partial charge is 0.306 e. The maximum Gasteiger partial charge on any atom is 0.306 e. The van der Waals surface area contributed by atoms with E-state index in [1.165, 1.54) is 7.11 Å². The molecule has 1 aromatic rings. The quantitative estimate of drug-likeness (QED) is 0.700. The predicted octanol–water partition coefficient (Wildman–Crippen LogP) is -0.301. The summed E-state index contributed by atoms with van der Waals surface area (Å²) >= 11 is 0. The second kappa shape index (κ2) is 6.47. The first kappa shape index (κ1) is 14.4. The van der Waals surface area contributed by atoms with Gasteiger partial charge in [-0.2, -0.15) is 4.98 Å². The highest BCUT2D eigenvalue weighted by Crippen LogP contribution is 2.07. The number of carbonyl (C=O) groups excluding carboxylic acids is 2. The number of piperazine rings is 1. The van der Waals surface area contributed by atoms with Crippen LogP contribution in [0.5, 0.6) is 0 Å². The Labute approximate surface area is 116 Å². The van der Waals surface area contributed by atoms with Gasteiger partial charge in [-0.3, -0.25) is 14.5 Å². The van der Waals surface area contributed by atoms with Gasteiger partial charge in [-0.05, 0) is 0 Å². The van der Waals surface area contributed by atoms with Crippen molar-refractivity contribution in [3.8, 4) is 0 Å². The van der Waals surface area contributed by atoms with Gasteiger partial charge in [0, 0.05) is 39.6 Å². The lowest BCUT2D eigenvalue weighted by atomic mass is 10.3. The van der Waals surface area contributed by atoms with Crippen LogP contribution in [0.3, 0.4) is 0 Å². The summed E-state index contributed by atoms with van der Waals surface area (Å²) in [6.45, 7) is 4.92. The molecule has 1 aliphatic rings. The number of ether oxygens (including phenoxy) is 1. The highest BCUT2D eigenvalue weighted by molar-refractivity contribution is 5.90. The van der Waals surface area contributed by atoms with Gasteiger partial charge in [-0.1, -0.05) is 5.16 Å². The highest BCUT2D eigenvalue weighted by atomic mass is 16.5. The molecule has 1 fully saturated rings. The molecule has 1 aromatic heterocycles. The predicted molar refractivity (Wildman–Crippen MR) is 68.0 cm³/mol. The van der Waals surface area contributed by atoms with Crippen molar-refractivity contribution in [1.29, 1.82) is 0 Å². The molecule has 2 heterocycles. The zero-order valence-electron chi connectivity index (χ0n) is 11.7. The number of methoxy groups -OCH3 is 1. The fourth-order valence-corrected chi connectivity index (χ4v) is 2.05. The number of carbonyl (C=O) groups is 2. The van der Waals surface area contributed by atoms with E-state index in [4.69, 9.17) is 4.52 Å². The summed E-state index contributed by atoms with van der Waals surface area (Å²) in [4.78, 5) is 30.9. The number of esters is 1. The molecule has 0 atom stereocenters. The van der Waals surface area contributed by atoms with E-state index in [1.54, 1.807) is 11.8 Å². The van der Waals surface area contributed by atoms with Crippen LogP contribution in [-0.2, 0) is 9.53 Å². The van der Waals surface area contributed by atoms with E-state index in [1.807, 2.05) is 0 Å². The van der Waals surface area contributed by atoms with Gasteiger partial charge >= 0.3 is 5.97 Å². The molecule has 2 rings (SSSR count). The minimum atomic E-state index is -0.217. The van der Waals surface area contributed by atoms with Crippen molar-refractivity contribution >= 4 is 11.9 Å². The molecule has 0 aromatic carbocycles. The second-order valence-corrected chi connectivity index (χ2v) is 4.60. The van der Waals surface area contributed by atoms with Gasteiger partial charge < -0.3 is 14.2 Å². The number of hydrogen-bond acceptors (Lipinski definition) is 7. The molecule has 8 heteroatoms. The molecule has 110 valence electrons. The molecule has 0 bridgehead atoms. The van der Waals surface area contributed by atoms with E-state index in [9.17, 15) is 9.59 Å². The van der Waals surface area contributed by atoms with Crippen LogP contribution in [0.4, 0.5) is 0 Å². The van der Waals surface area contributed by atoms with Crippen molar-refractivity contribution in [2.45, 2.75) is 13.3 Å². The van der Waals surface area contributed by atoms with Crippen LogP contribution in [0.25, 0.3) is 0 Å². The fraction of sp³-hybridized carbons (Fsp3) is 0.667. The zero-order valence-corrected chi connectivity index (χ0v) is 11.7. The van der Waals surface area contributed by atoms with E-state index in [2.05, 4.69) is 19.8 Å². The van der Waals surface area contributed by atoms with Gasteiger partial charge in [0.25, 0.3) is 11.7 Å². The van der Waals surface area contributed by atoms with Crippen LogP contribution < -0.4 is 0 Å². The van der Waals surface area contributed by atoms with Crippen molar-refractivity contribution in [2.75, 3.05) is 39.8 Å².